The molecule has 3 heteroatoms. The maximum absolute atomic E-state index is 5.02. The fourth-order valence-corrected chi connectivity index (χ4v) is 1.57. The summed E-state index contributed by atoms with van der Waals surface area (Å²) in [6.45, 7) is 0. The Kier molecular flexibility index (Phi) is 3.38. The second-order valence-electron chi connectivity index (χ2n) is 1.88. The molecular formula is C7H7LiOSe. The van der Waals surface area contributed by atoms with E-state index in [1.54, 1.807) is 7.11 Å². The summed E-state index contributed by atoms with van der Waals surface area (Å²) < 4.78 is 6.43. The summed E-state index contributed by atoms with van der Waals surface area (Å²) in [5, 5.41) is 0. The first-order valence-electron chi connectivity index (χ1n) is 3.05. The van der Waals surface area contributed by atoms with E-state index in [1.165, 1.54) is 4.46 Å². The van der Waals surface area contributed by atoms with Gasteiger partial charge in [0.2, 0.25) is 0 Å². The number of benzene rings is 1. The number of hydrogen-bond acceptors (Lipinski definition) is 1. The third kappa shape index (κ3) is 2.07. The third-order valence-electron chi connectivity index (χ3n) is 1.30. The number of hydrogen-bond donors (Lipinski definition) is 0. The van der Waals surface area contributed by atoms with Crippen LogP contribution in [0.25, 0.3) is 0 Å². The zero-order chi connectivity index (χ0) is 7.40. The van der Waals surface area contributed by atoms with Crippen molar-refractivity contribution in [3.05, 3.63) is 24.3 Å². The maximum atomic E-state index is 5.02. The molecule has 0 aliphatic carbocycles. The standard InChI is InChI=1S/C7H8OSe.Li/c1-8-6-2-4-7(9)5-3-6;/h2-5,9H,1H3;/q;+1/p-1. The first-order chi connectivity index (χ1) is 4.86. The number of rotatable bonds is 2. The topological polar surface area (TPSA) is 9.23 Å². The van der Waals surface area contributed by atoms with Gasteiger partial charge in [0.15, 0.2) is 0 Å². The SMILES string of the molecule is [Li][Se]c1ccc(OC)cc1. The summed E-state index contributed by atoms with van der Waals surface area (Å²) in [4.78, 5) is 0. The molecule has 0 N–H and O–H groups in total. The monoisotopic (exact) mass is 194 g/mol. The van der Waals surface area contributed by atoms with Crippen molar-refractivity contribution in [2.24, 2.45) is 0 Å². The van der Waals surface area contributed by atoms with E-state index in [4.69, 9.17) is 4.74 Å². The van der Waals surface area contributed by atoms with E-state index < -0.39 is 0 Å². The predicted molar refractivity (Wildman–Crippen MR) is 44.1 cm³/mol. The van der Waals surface area contributed by atoms with Gasteiger partial charge in [0.25, 0.3) is 0 Å². The van der Waals surface area contributed by atoms with Crippen LogP contribution in [0.4, 0.5) is 0 Å². The average Bonchev–Trinajstić information content (AvgIpc) is 2.05. The molecule has 0 bridgehead atoms. The van der Waals surface area contributed by atoms with Crippen LogP contribution in [0.2, 0.25) is 0 Å². The van der Waals surface area contributed by atoms with E-state index in [1.807, 2.05) is 12.1 Å². The third-order valence-corrected chi connectivity index (χ3v) is 2.86. The molecule has 0 aliphatic rings. The first-order valence-corrected chi connectivity index (χ1v) is 5.62. The first kappa shape index (κ1) is 8.24. The normalized spacial score (nSPS) is 9.50. The van der Waals surface area contributed by atoms with Gasteiger partial charge in [-0.2, -0.15) is 0 Å². The summed E-state index contributed by atoms with van der Waals surface area (Å²) in [5.74, 6) is 0.938. The molecule has 0 aromatic heterocycles. The van der Waals surface area contributed by atoms with Crippen molar-refractivity contribution in [3.63, 3.8) is 0 Å². The van der Waals surface area contributed by atoms with Gasteiger partial charge >= 0.3 is 74.9 Å². The molecule has 0 spiro atoms. The van der Waals surface area contributed by atoms with Crippen LogP contribution in [0.3, 0.4) is 0 Å². The Bertz CT molecular complexity index is 174. The quantitative estimate of drug-likeness (QED) is 0.605. The van der Waals surface area contributed by atoms with E-state index >= 15 is 0 Å². The molecule has 1 rings (SSSR count). The molecule has 0 unspecified atom stereocenters. The Morgan fingerprint density at radius 1 is 1.30 bits per heavy atom. The Labute approximate surface area is 74.8 Å². The Hall–Kier alpha value is 0.137. The molecule has 0 atom stereocenters. The van der Waals surface area contributed by atoms with Gasteiger partial charge in [0.1, 0.15) is 0 Å². The van der Waals surface area contributed by atoms with Crippen molar-refractivity contribution >= 4 is 33.0 Å². The molecule has 0 heterocycles. The minimum atomic E-state index is 0.603. The van der Waals surface area contributed by atoms with E-state index in [9.17, 15) is 0 Å². The summed E-state index contributed by atoms with van der Waals surface area (Å²) in [7, 11) is 1.69. The molecule has 1 aromatic carbocycles. The molecular weight excluding hydrogens is 186 g/mol. The van der Waals surface area contributed by atoms with Gasteiger partial charge in [0.05, 0.1) is 0 Å². The van der Waals surface area contributed by atoms with Crippen molar-refractivity contribution in [2.75, 3.05) is 7.11 Å². The fraction of sp³-hybridized carbons (Fsp3) is 0.143. The van der Waals surface area contributed by atoms with E-state index in [-0.39, 0.29) is 0 Å². The van der Waals surface area contributed by atoms with Gasteiger partial charge in [0, 0.05) is 0 Å². The number of ether oxygens (including phenoxy) is 1. The Balaban J connectivity index is 2.80. The van der Waals surface area contributed by atoms with E-state index in [0.29, 0.717) is 12.8 Å². The number of methoxy groups -OCH3 is 1. The van der Waals surface area contributed by atoms with Gasteiger partial charge in [-0.1, -0.05) is 0 Å². The van der Waals surface area contributed by atoms with Crippen molar-refractivity contribution in [3.8, 4) is 5.75 Å². The van der Waals surface area contributed by atoms with Gasteiger partial charge in [-0.15, -0.1) is 0 Å². The summed E-state index contributed by atoms with van der Waals surface area (Å²) in [6.07, 6.45) is 0. The second-order valence-corrected chi connectivity index (χ2v) is 3.73. The van der Waals surface area contributed by atoms with Gasteiger partial charge in [-0.3, -0.25) is 0 Å². The van der Waals surface area contributed by atoms with Crippen LogP contribution in [-0.4, -0.2) is 35.7 Å². The molecule has 48 valence electrons. The van der Waals surface area contributed by atoms with Crippen LogP contribution in [0.15, 0.2) is 24.3 Å². The van der Waals surface area contributed by atoms with E-state index in [2.05, 4.69) is 27.9 Å². The van der Waals surface area contributed by atoms with Gasteiger partial charge < -0.3 is 0 Å². The van der Waals surface area contributed by atoms with Gasteiger partial charge in [-0.05, 0) is 0 Å². The summed E-state index contributed by atoms with van der Waals surface area (Å²) >= 11 is 2.81. The van der Waals surface area contributed by atoms with Crippen molar-refractivity contribution in [1.29, 1.82) is 0 Å². The minimum absolute atomic E-state index is 0.603. The average molecular weight is 193 g/mol. The van der Waals surface area contributed by atoms with Crippen LogP contribution < -0.4 is 9.20 Å². The van der Waals surface area contributed by atoms with Crippen LogP contribution >= 0.6 is 0 Å². The zero-order valence-electron chi connectivity index (χ0n) is 6.13. The second kappa shape index (κ2) is 4.11. The summed E-state index contributed by atoms with van der Waals surface area (Å²) in [6, 6.07) is 8.22. The molecule has 0 fully saturated rings. The fourth-order valence-electron chi connectivity index (χ4n) is 0.712. The summed E-state index contributed by atoms with van der Waals surface area (Å²) in [5.41, 5.74) is 0. The van der Waals surface area contributed by atoms with Gasteiger partial charge in [-0.25, -0.2) is 0 Å². The predicted octanol–water partition coefficient (Wildman–Crippen LogP) is 0.108. The van der Waals surface area contributed by atoms with Crippen molar-refractivity contribution in [2.45, 2.75) is 0 Å². The zero-order valence-corrected chi connectivity index (χ0v) is 7.84. The van der Waals surface area contributed by atoms with Crippen molar-refractivity contribution < 1.29 is 4.74 Å². The molecule has 1 aromatic rings. The van der Waals surface area contributed by atoms with E-state index in [0.717, 1.165) is 5.75 Å². The molecule has 0 aliphatic heterocycles. The molecule has 0 radical (unpaired) electrons. The van der Waals surface area contributed by atoms with Crippen molar-refractivity contribution in [1.82, 2.24) is 0 Å². The Morgan fingerprint density at radius 2 is 1.90 bits per heavy atom. The Morgan fingerprint density at radius 3 is 2.30 bits per heavy atom. The molecule has 0 saturated carbocycles. The van der Waals surface area contributed by atoms with Crippen LogP contribution in [0.5, 0.6) is 5.75 Å². The molecule has 10 heavy (non-hydrogen) atoms. The van der Waals surface area contributed by atoms with Crippen LogP contribution in [0, 0.1) is 0 Å². The van der Waals surface area contributed by atoms with Crippen LogP contribution in [-0.2, 0) is 0 Å². The van der Waals surface area contributed by atoms with Crippen LogP contribution in [0.1, 0.15) is 0 Å². The molecule has 1 nitrogen and oxygen atoms in total. The molecule has 0 amide bonds. The molecule has 0 saturated heterocycles.